The molecule has 1 aromatic rings. The van der Waals surface area contributed by atoms with Crippen LogP contribution < -0.4 is 10.6 Å². The highest BCUT2D eigenvalue weighted by molar-refractivity contribution is 5.95. The fourth-order valence-corrected chi connectivity index (χ4v) is 2.26. The summed E-state index contributed by atoms with van der Waals surface area (Å²) in [7, 11) is 0. The second kappa shape index (κ2) is 9.81. The molecule has 0 aliphatic carbocycles. The number of nitrogens with zero attached hydrogens (tertiary/aromatic N) is 1. The van der Waals surface area contributed by atoms with Crippen LogP contribution >= 0.6 is 0 Å². The lowest BCUT2D eigenvalue weighted by Crippen LogP contribution is -2.44. The zero-order valence-corrected chi connectivity index (χ0v) is 15.6. The van der Waals surface area contributed by atoms with Crippen LogP contribution in [0, 0.1) is 5.41 Å². The molecule has 0 saturated heterocycles. The number of nitrogens with one attached hydrogen (secondary N) is 2. The number of amides is 3. The van der Waals surface area contributed by atoms with E-state index in [0.717, 1.165) is 6.42 Å². The molecule has 0 aliphatic rings. The molecule has 2 N–H and O–H groups in total. The van der Waals surface area contributed by atoms with Crippen LogP contribution in [0.3, 0.4) is 0 Å². The molecule has 1 rings (SSSR count). The highest BCUT2D eigenvalue weighted by Gasteiger charge is 2.22. The summed E-state index contributed by atoms with van der Waals surface area (Å²) in [5.41, 5.74) is 0.546. The Labute approximate surface area is 150 Å². The zero-order valence-electron chi connectivity index (χ0n) is 15.6. The van der Waals surface area contributed by atoms with E-state index >= 15 is 0 Å². The maximum Gasteiger partial charge on any atom is 0.243 e. The molecule has 0 fully saturated rings. The molecule has 0 heterocycles. The van der Waals surface area contributed by atoms with Gasteiger partial charge in [-0.05, 0) is 24.0 Å². The van der Waals surface area contributed by atoms with Crippen molar-refractivity contribution in [2.75, 3.05) is 25.0 Å². The Balaban J connectivity index is 2.46. The Kier molecular flexibility index (Phi) is 8.11. The molecular formula is C19H29N3O3. The second-order valence-corrected chi connectivity index (χ2v) is 7.24. The van der Waals surface area contributed by atoms with Gasteiger partial charge < -0.3 is 15.5 Å². The Hall–Kier alpha value is -2.37. The molecule has 0 bridgehead atoms. The number of benzene rings is 1. The van der Waals surface area contributed by atoms with Crippen LogP contribution in [0.4, 0.5) is 5.69 Å². The van der Waals surface area contributed by atoms with Gasteiger partial charge in [0.15, 0.2) is 0 Å². The van der Waals surface area contributed by atoms with E-state index in [1.165, 1.54) is 0 Å². The van der Waals surface area contributed by atoms with Crippen molar-refractivity contribution in [2.45, 2.75) is 40.5 Å². The van der Waals surface area contributed by atoms with Crippen molar-refractivity contribution in [3.8, 4) is 0 Å². The van der Waals surface area contributed by atoms with Crippen molar-refractivity contribution >= 4 is 23.4 Å². The fourth-order valence-electron chi connectivity index (χ4n) is 2.26. The van der Waals surface area contributed by atoms with E-state index < -0.39 is 0 Å². The number of hydrogen-bond donors (Lipinski definition) is 2. The number of hydrogen-bond acceptors (Lipinski definition) is 3. The number of carbonyl (C=O) groups excluding carboxylic acids is 3. The Bertz CT molecular complexity index is 579. The standard InChI is InChI=1S/C19H29N3O3/c1-5-11-22(18(25)12-19(2,3)4)14-17(24)20-13-16(23)21-15-9-7-6-8-10-15/h6-10H,5,11-14H2,1-4H3,(H,20,24)(H,21,23). The van der Waals surface area contributed by atoms with E-state index in [4.69, 9.17) is 0 Å². The third-order valence-electron chi connectivity index (χ3n) is 3.37. The van der Waals surface area contributed by atoms with Crippen LogP contribution in [0.1, 0.15) is 40.5 Å². The van der Waals surface area contributed by atoms with Gasteiger partial charge >= 0.3 is 0 Å². The molecular weight excluding hydrogens is 318 g/mol. The largest absolute Gasteiger partial charge is 0.345 e. The molecule has 6 heteroatoms. The fraction of sp³-hybridized carbons (Fsp3) is 0.526. The van der Waals surface area contributed by atoms with Gasteiger partial charge in [-0.2, -0.15) is 0 Å². The molecule has 0 unspecified atom stereocenters. The summed E-state index contributed by atoms with van der Waals surface area (Å²) in [4.78, 5) is 37.8. The van der Waals surface area contributed by atoms with Gasteiger partial charge in [0.25, 0.3) is 0 Å². The number of anilines is 1. The van der Waals surface area contributed by atoms with Crippen LogP contribution in [0.5, 0.6) is 0 Å². The molecule has 138 valence electrons. The summed E-state index contributed by atoms with van der Waals surface area (Å²) in [6, 6.07) is 9.03. The van der Waals surface area contributed by atoms with Crippen molar-refractivity contribution in [1.82, 2.24) is 10.2 Å². The van der Waals surface area contributed by atoms with E-state index in [2.05, 4.69) is 10.6 Å². The molecule has 25 heavy (non-hydrogen) atoms. The van der Waals surface area contributed by atoms with E-state index in [0.29, 0.717) is 18.7 Å². The van der Waals surface area contributed by atoms with Crippen LogP contribution in [-0.2, 0) is 14.4 Å². The van der Waals surface area contributed by atoms with Gasteiger partial charge in [-0.15, -0.1) is 0 Å². The monoisotopic (exact) mass is 347 g/mol. The van der Waals surface area contributed by atoms with Gasteiger partial charge in [-0.25, -0.2) is 0 Å². The Morgan fingerprint density at radius 1 is 1.04 bits per heavy atom. The van der Waals surface area contributed by atoms with Crippen LogP contribution in [-0.4, -0.2) is 42.3 Å². The smallest absolute Gasteiger partial charge is 0.243 e. The summed E-state index contributed by atoms with van der Waals surface area (Å²) in [6.45, 7) is 8.30. The highest BCUT2D eigenvalue weighted by Crippen LogP contribution is 2.19. The van der Waals surface area contributed by atoms with Crippen LogP contribution in [0.25, 0.3) is 0 Å². The van der Waals surface area contributed by atoms with Gasteiger partial charge in [0, 0.05) is 18.7 Å². The van der Waals surface area contributed by atoms with Crippen molar-refractivity contribution in [3.63, 3.8) is 0 Å². The van der Waals surface area contributed by atoms with Gasteiger partial charge in [-0.1, -0.05) is 45.9 Å². The summed E-state index contributed by atoms with van der Waals surface area (Å²) in [5, 5.41) is 5.26. The zero-order chi connectivity index (χ0) is 18.9. The number of carbonyl (C=O) groups is 3. The normalized spacial score (nSPS) is 10.9. The lowest BCUT2D eigenvalue weighted by molar-refractivity contribution is -0.137. The molecule has 0 atom stereocenters. The first kappa shape index (κ1) is 20.7. The average Bonchev–Trinajstić information content (AvgIpc) is 2.52. The maximum atomic E-state index is 12.3. The summed E-state index contributed by atoms with van der Waals surface area (Å²) < 4.78 is 0. The first-order valence-corrected chi connectivity index (χ1v) is 8.60. The first-order chi connectivity index (χ1) is 11.7. The lowest BCUT2D eigenvalue weighted by Gasteiger charge is -2.26. The van der Waals surface area contributed by atoms with Crippen molar-refractivity contribution in [2.24, 2.45) is 5.41 Å². The predicted octanol–water partition coefficient (Wildman–Crippen LogP) is 2.42. The SMILES string of the molecule is CCCN(CC(=O)NCC(=O)Nc1ccccc1)C(=O)CC(C)(C)C. The van der Waals surface area contributed by atoms with Gasteiger partial charge in [0.1, 0.15) is 0 Å². The van der Waals surface area contributed by atoms with Gasteiger partial charge in [0.05, 0.1) is 13.1 Å². The van der Waals surface area contributed by atoms with E-state index in [1.54, 1.807) is 17.0 Å². The number of rotatable bonds is 8. The average molecular weight is 347 g/mol. The molecule has 0 spiro atoms. The summed E-state index contributed by atoms with van der Waals surface area (Å²) in [5.74, 6) is -0.681. The maximum absolute atomic E-state index is 12.3. The predicted molar refractivity (Wildman–Crippen MR) is 99.0 cm³/mol. The number of para-hydroxylation sites is 1. The molecule has 0 saturated carbocycles. The summed E-state index contributed by atoms with van der Waals surface area (Å²) >= 11 is 0. The third kappa shape index (κ3) is 8.88. The minimum absolute atomic E-state index is 0.0264. The highest BCUT2D eigenvalue weighted by atomic mass is 16.2. The summed E-state index contributed by atoms with van der Waals surface area (Å²) in [6.07, 6.45) is 1.16. The van der Waals surface area contributed by atoms with Gasteiger partial charge in [-0.3, -0.25) is 14.4 Å². The molecule has 1 aromatic carbocycles. The third-order valence-corrected chi connectivity index (χ3v) is 3.37. The van der Waals surface area contributed by atoms with E-state index in [1.807, 2.05) is 45.9 Å². The van der Waals surface area contributed by atoms with Crippen LogP contribution in [0.15, 0.2) is 30.3 Å². The van der Waals surface area contributed by atoms with Crippen molar-refractivity contribution in [1.29, 1.82) is 0 Å². The minimum Gasteiger partial charge on any atom is -0.345 e. The quantitative estimate of drug-likeness (QED) is 0.758. The Morgan fingerprint density at radius 3 is 2.24 bits per heavy atom. The van der Waals surface area contributed by atoms with Crippen molar-refractivity contribution in [3.05, 3.63) is 30.3 Å². The van der Waals surface area contributed by atoms with Crippen molar-refractivity contribution < 1.29 is 14.4 Å². The molecule has 6 nitrogen and oxygen atoms in total. The Morgan fingerprint density at radius 2 is 1.68 bits per heavy atom. The van der Waals surface area contributed by atoms with Crippen LogP contribution in [0.2, 0.25) is 0 Å². The first-order valence-electron chi connectivity index (χ1n) is 8.60. The molecule has 0 aliphatic heterocycles. The van der Waals surface area contributed by atoms with E-state index in [-0.39, 0.29) is 36.2 Å². The molecule has 3 amide bonds. The minimum atomic E-state index is -0.334. The second-order valence-electron chi connectivity index (χ2n) is 7.24. The molecule has 0 aromatic heterocycles. The lowest BCUT2D eigenvalue weighted by atomic mass is 9.91. The van der Waals surface area contributed by atoms with E-state index in [9.17, 15) is 14.4 Å². The topological polar surface area (TPSA) is 78.5 Å². The molecule has 0 radical (unpaired) electrons. The van der Waals surface area contributed by atoms with Gasteiger partial charge in [0.2, 0.25) is 17.7 Å².